The Balaban J connectivity index is 0.000000165. The number of carbonyl (C=O) groups is 3. The number of aromatic amines is 2. The first-order valence-electron chi connectivity index (χ1n) is 38.7. The summed E-state index contributed by atoms with van der Waals surface area (Å²) in [7, 11) is 7.36. The monoisotopic (exact) mass is 1590 g/mol. The van der Waals surface area contributed by atoms with Gasteiger partial charge in [-0.25, -0.2) is 27.9 Å². The van der Waals surface area contributed by atoms with E-state index < -0.39 is 15.3 Å². The summed E-state index contributed by atoms with van der Waals surface area (Å²) in [4.78, 5) is 52.9. The molecule has 4 aliphatic rings. The number of H-pyrrole nitrogens is 2. The Morgan fingerprint density at radius 1 is 0.509 bits per heavy atom. The van der Waals surface area contributed by atoms with Gasteiger partial charge in [0.25, 0.3) is 17.7 Å². The number of nitrogens with two attached hydrogens (primary N) is 3. The second-order valence-corrected chi connectivity index (χ2v) is 31.2. The number of benzene rings is 6. The van der Waals surface area contributed by atoms with E-state index in [9.17, 15) is 19.5 Å². The second kappa shape index (κ2) is 43.8. The molecule has 6 aromatic carbocycles. The highest BCUT2D eigenvalue weighted by Crippen LogP contribution is 2.41. The Labute approximate surface area is 679 Å². The molecule has 114 heavy (non-hydrogen) atoms. The van der Waals surface area contributed by atoms with Gasteiger partial charge in [0, 0.05) is 108 Å². The first-order valence-corrected chi connectivity index (χ1v) is 41.5. The molecule has 0 aliphatic heterocycles. The Morgan fingerprint density at radius 3 is 1.23 bits per heavy atom. The molecular weight excluding hydrogens is 1490 g/mol. The van der Waals surface area contributed by atoms with E-state index >= 15 is 0 Å². The number of aliphatic hydroxyl groups excluding tert-OH is 1. The van der Waals surface area contributed by atoms with Crippen molar-refractivity contribution in [1.29, 1.82) is 0 Å². The average molecular weight is 1590 g/mol. The van der Waals surface area contributed by atoms with Crippen molar-refractivity contribution in [1.82, 2.24) is 44.6 Å². The summed E-state index contributed by atoms with van der Waals surface area (Å²) in [6.45, 7) is 23.6. The molecule has 0 saturated heterocycles. The predicted molar refractivity (Wildman–Crippen MR) is 458 cm³/mol. The largest absolute Gasteiger partial charge is 0.388 e. The van der Waals surface area contributed by atoms with Crippen LogP contribution in [0, 0.1) is 51.7 Å². The maximum absolute atomic E-state index is 13.3. The summed E-state index contributed by atoms with van der Waals surface area (Å²) in [5.41, 5.74) is 31.8. The summed E-state index contributed by atoms with van der Waals surface area (Å²) in [6.07, 6.45) is 31.5. The van der Waals surface area contributed by atoms with Gasteiger partial charge in [0.15, 0.2) is 11.4 Å². The summed E-state index contributed by atoms with van der Waals surface area (Å²) >= 11 is 0. The number of carbonyl (C=O) groups excluding carboxylic acids is 3. The van der Waals surface area contributed by atoms with E-state index in [0.717, 1.165) is 103 Å². The van der Waals surface area contributed by atoms with Crippen molar-refractivity contribution in [3.63, 3.8) is 0 Å². The molecule has 5 heterocycles. The molecule has 3 fully saturated rings. The van der Waals surface area contributed by atoms with Crippen molar-refractivity contribution >= 4 is 76.7 Å². The summed E-state index contributed by atoms with van der Waals surface area (Å²) in [5.74, 6) is 2.42. The van der Waals surface area contributed by atoms with Crippen molar-refractivity contribution in [2.75, 3.05) is 42.1 Å². The lowest BCUT2D eigenvalue weighted by Gasteiger charge is -2.18. The van der Waals surface area contributed by atoms with Gasteiger partial charge in [0.1, 0.15) is 17.1 Å². The number of aliphatic hydroxyl groups is 1. The normalized spacial score (nSPS) is 13.8. The number of halogens is 2. The third-order valence-corrected chi connectivity index (χ3v) is 19.6. The molecule has 5 aromatic heterocycles. The van der Waals surface area contributed by atoms with Crippen molar-refractivity contribution < 1.29 is 23.7 Å². The lowest BCUT2D eigenvalue weighted by atomic mass is 9.88. The van der Waals surface area contributed by atoms with Crippen LogP contribution in [0.5, 0.6) is 0 Å². The topological polar surface area (TPSA) is 308 Å². The molecule has 13 N–H and O–H groups in total. The SMILES string of the molecule is C1=CCC=C1.Cc1cc(C(=O)Nc2cccc(C(CCC3CC3)c3cc[nH]c3)c2)n(-c2cccc(CN)c2)n1.NCCNCCN.O=S(Cl)Cl.[C-]#[N+]c1cccc(-n2nc(C)cc2C(=O)Nc2cccc(C(CCC3CC3)c3cc[nH]c3)c2)c1.[C-]#[N+]c1cccc(-n2nc(C)cc2C(=O)Nc2cccc(C(O)CCC3CC3)c2)c1. The number of aromatic nitrogens is 8. The Kier molecular flexibility index (Phi) is 32.8. The fourth-order valence-electron chi connectivity index (χ4n) is 13.3. The van der Waals surface area contributed by atoms with E-state index in [2.05, 4.69) is 151 Å². The highest BCUT2D eigenvalue weighted by molar-refractivity contribution is 8.26. The minimum absolute atomic E-state index is 0.188. The number of allylic oxidation sites excluding steroid dienone is 4. The Morgan fingerprint density at radius 2 is 0.877 bits per heavy atom. The molecule has 3 atom stereocenters. The van der Waals surface area contributed by atoms with Crippen LogP contribution < -0.4 is 38.5 Å². The zero-order chi connectivity index (χ0) is 80.7. The van der Waals surface area contributed by atoms with E-state index in [0.29, 0.717) is 82.7 Å². The van der Waals surface area contributed by atoms with Gasteiger partial charge in [-0.1, -0.05) is 136 Å². The fourth-order valence-corrected chi connectivity index (χ4v) is 13.3. The van der Waals surface area contributed by atoms with Gasteiger partial charge in [-0.05, 0) is 220 Å². The number of nitrogens with zero attached hydrogens (tertiary/aromatic N) is 8. The average Bonchev–Trinajstić information content (AvgIpc) is 1.65. The van der Waals surface area contributed by atoms with Gasteiger partial charge >= 0.3 is 0 Å². The highest BCUT2D eigenvalue weighted by atomic mass is 36.0. The number of hydrogen-bond acceptors (Lipinski definition) is 12. The first-order chi connectivity index (χ1) is 55.4. The maximum atomic E-state index is 13.3. The van der Waals surface area contributed by atoms with Crippen LogP contribution in [0.3, 0.4) is 0 Å². The summed E-state index contributed by atoms with van der Waals surface area (Å²) in [5, 5.41) is 36.0. The molecule has 22 nitrogen and oxygen atoms in total. The van der Waals surface area contributed by atoms with E-state index in [1.807, 2.05) is 124 Å². The Bertz CT molecular complexity index is 5080. The molecule has 11 aromatic rings. The van der Waals surface area contributed by atoms with Crippen LogP contribution in [0.25, 0.3) is 26.8 Å². The lowest BCUT2D eigenvalue weighted by Crippen LogP contribution is -2.27. The van der Waals surface area contributed by atoms with E-state index in [4.69, 9.17) is 34.6 Å². The highest BCUT2D eigenvalue weighted by Gasteiger charge is 2.28. The number of anilines is 3. The number of amides is 3. The number of nitrogens with one attached hydrogen (secondary N) is 6. The molecule has 0 spiro atoms. The number of rotatable bonds is 28. The van der Waals surface area contributed by atoms with Crippen LogP contribution in [-0.4, -0.2) is 92.5 Å². The lowest BCUT2D eigenvalue weighted by molar-refractivity contribution is 0.101. The van der Waals surface area contributed by atoms with E-state index in [-0.39, 0.29) is 17.7 Å². The molecule has 3 unspecified atom stereocenters. The van der Waals surface area contributed by atoms with Crippen LogP contribution in [-0.2, 0) is 15.8 Å². The van der Waals surface area contributed by atoms with Gasteiger partial charge in [0.05, 0.1) is 53.4 Å². The van der Waals surface area contributed by atoms with Gasteiger partial charge in [-0.3, -0.25) is 14.4 Å². The molecule has 15 rings (SSSR count). The maximum Gasteiger partial charge on any atom is 0.274 e. The quantitative estimate of drug-likeness (QED) is 0.0124. The first kappa shape index (κ1) is 85.3. The van der Waals surface area contributed by atoms with Gasteiger partial charge in [-0.15, -0.1) is 0 Å². The Hall–Kier alpha value is -11.1. The molecule has 25 heteroatoms. The molecule has 3 amide bonds. The molecule has 3 saturated carbocycles. The summed E-state index contributed by atoms with van der Waals surface area (Å²) < 4.78 is 13.9. The third-order valence-electron chi connectivity index (χ3n) is 19.6. The summed E-state index contributed by atoms with van der Waals surface area (Å²) in [6, 6.07) is 55.2. The van der Waals surface area contributed by atoms with Crippen LogP contribution in [0.2, 0.25) is 0 Å². The standard InChI is InChI=1S/C28H27N5O.C28H31N5O.C24H24N4O2.C5H6.C4H13N3.Cl2OS/c1-19-15-27(33(32-19)25-8-4-6-23(17-25)29-2)28(34)31-24-7-3-5-21(16-24)26(12-11-20-9-10-20)22-13-14-30-18-22;1-19-14-27(33(32-19)25-7-2-4-21(15-25)17-29)28(34)31-24-6-3-5-22(16-24)26(11-10-20-8-9-20)23-12-13-30-18-23;1-16-13-22(28(27-16)21-8-4-6-19(15-21)25-2)24(30)26-20-7-3-5-18(14-20)23(29)12-11-17-9-10-17;1-2-4-5-3-1;5-1-3-7-4-2-6;1-4(2)3/h3-8,13-18,20,26,30H,9-12H2,1H3,(H,31,34);2-7,12-16,18,20,26,30H,8-11,17,29H2,1H3,(H,31,34);3-8,13-15,17,23,29H,9-12H2,1H3,(H,26,30);1-4H,5H2;7H,1-6H2;. The minimum atomic E-state index is -1.67. The van der Waals surface area contributed by atoms with Crippen molar-refractivity contribution in [3.05, 3.63) is 315 Å². The molecule has 592 valence electrons. The molecule has 4 aliphatic carbocycles. The molecule has 0 bridgehead atoms. The van der Waals surface area contributed by atoms with Crippen molar-refractivity contribution in [2.45, 2.75) is 129 Å². The van der Waals surface area contributed by atoms with Crippen LogP contribution in [0.1, 0.15) is 183 Å². The van der Waals surface area contributed by atoms with Crippen LogP contribution in [0.15, 0.2) is 225 Å². The van der Waals surface area contributed by atoms with Crippen LogP contribution >= 0.6 is 21.4 Å². The van der Waals surface area contributed by atoms with Gasteiger partial charge in [0.2, 0.25) is 9.23 Å². The zero-order valence-corrected chi connectivity index (χ0v) is 66.9. The van der Waals surface area contributed by atoms with Gasteiger partial charge < -0.3 is 53.5 Å². The zero-order valence-electron chi connectivity index (χ0n) is 64.6. The minimum Gasteiger partial charge on any atom is -0.388 e. The van der Waals surface area contributed by atoms with Crippen molar-refractivity contribution in [3.8, 4) is 17.1 Å². The van der Waals surface area contributed by atoms with Crippen molar-refractivity contribution in [2.24, 2.45) is 35.0 Å². The fraction of sp³-hybridized carbons (Fsp3) is 0.303. The van der Waals surface area contributed by atoms with E-state index in [1.165, 1.54) is 73.6 Å². The molecular formula is C89H101Cl2N17O5S. The van der Waals surface area contributed by atoms with E-state index in [1.54, 1.807) is 62.6 Å². The number of hydrogen-bond donors (Lipinski definition) is 10. The molecule has 0 radical (unpaired) electrons. The second-order valence-electron chi connectivity index (χ2n) is 28.7. The predicted octanol–water partition coefficient (Wildman–Crippen LogP) is 18.4. The van der Waals surface area contributed by atoms with Crippen LogP contribution in [0.4, 0.5) is 28.4 Å². The van der Waals surface area contributed by atoms with Gasteiger partial charge in [-0.2, -0.15) is 15.3 Å². The smallest absolute Gasteiger partial charge is 0.274 e. The number of aryl methyl sites for hydroxylation is 3. The third kappa shape index (κ3) is 26.8.